The van der Waals surface area contributed by atoms with Gasteiger partial charge in [-0.3, -0.25) is 4.90 Å². The lowest BCUT2D eigenvalue weighted by atomic mass is 9.98. The second-order valence-electron chi connectivity index (χ2n) is 7.32. The molecule has 1 heterocycles. The Balaban J connectivity index is 1.79. The minimum Gasteiger partial charge on any atom is -0.444 e. The number of likely N-dealkylation sites (tertiary alicyclic amines) is 1. The Morgan fingerprint density at radius 1 is 1.26 bits per heavy atom. The number of piperidine rings is 1. The van der Waals surface area contributed by atoms with Crippen molar-refractivity contribution in [2.45, 2.75) is 64.6 Å². The molecule has 128 valence electrons. The summed E-state index contributed by atoms with van der Waals surface area (Å²) < 4.78 is 5.29. The van der Waals surface area contributed by atoms with Gasteiger partial charge in [0.25, 0.3) is 0 Å². The maximum Gasteiger partial charge on any atom is 0.407 e. The van der Waals surface area contributed by atoms with Crippen LogP contribution < -0.4 is 5.32 Å². The summed E-state index contributed by atoms with van der Waals surface area (Å²) in [6.07, 6.45) is 4.42. The molecule has 1 amide bonds. The molecule has 1 aliphatic heterocycles. The van der Waals surface area contributed by atoms with Gasteiger partial charge in [-0.25, -0.2) is 4.79 Å². The number of carbonyl (C=O) groups excluding carboxylic acids is 1. The topological polar surface area (TPSA) is 41.6 Å². The number of nitrogens with zero attached hydrogens (tertiary/aromatic N) is 1. The molecule has 0 radical (unpaired) electrons. The smallest absolute Gasteiger partial charge is 0.407 e. The minimum absolute atomic E-state index is 0.317. The van der Waals surface area contributed by atoms with Gasteiger partial charge in [0.2, 0.25) is 0 Å². The first-order valence-electron chi connectivity index (χ1n) is 8.69. The molecule has 1 aromatic rings. The Kier molecular flexibility index (Phi) is 6.46. The number of alkyl carbamates (subject to hydrolysis) is 1. The van der Waals surface area contributed by atoms with Crippen molar-refractivity contribution in [2.75, 3.05) is 13.1 Å². The van der Waals surface area contributed by atoms with E-state index >= 15 is 0 Å². The van der Waals surface area contributed by atoms with Gasteiger partial charge in [-0.15, -0.1) is 0 Å². The second-order valence-corrected chi connectivity index (χ2v) is 7.32. The molecule has 1 aliphatic rings. The van der Waals surface area contributed by atoms with Gasteiger partial charge in [0.1, 0.15) is 5.60 Å². The maximum atomic E-state index is 11.7. The van der Waals surface area contributed by atoms with E-state index in [2.05, 4.69) is 40.5 Å². The molecule has 1 atom stereocenters. The molecule has 4 heteroatoms. The number of hydrogen-bond donors (Lipinski definition) is 1. The average molecular weight is 318 g/mol. The van der Waals surface area contributed by atoms with Crippen LogP contribution >= 0.6 is 0 Å². The van der Waals surface area contributed by atoms with Gasteiger partial charge in [-0.2, -0.15) is 0 Å². The summed E-state index contributed by atoms with van der Waals surface area (Å²) >= 11 is 0. The van der Waals surface area contributed by atoms with Crippen LogP contribution in [0.3, 0.4) is 0 Å². The zero-order valence-corrected chi connectivity index (χ0v) is 14.7. The van der Waals surface area contributed by atoms with E-state index in [-0.39, 0.29) is 6.09 Å². The molecule has 0 bridgehead atoms. The summed E-state index contributed by atoms with van der Waals surface area (Å²) in [6.45, 7) is 8.47. The number of hydrogen-bond acceptors (Lipinski definition) is 3. The maximum absolute atomic E-state index is 11.7. The zero-order chi connectivity index (χ0) is 16.7. The Labute approximate surface area is 140 Å². The lowest BCUT2D eigenvalue weighted by molar-refractivity contribution is 0.0517. The lowest BCUT2D eigenvalue weighted by Crippen LogP contribution is -2.41. The molecule has 4 nitrogen and oxygen atoms in total. The normalized spacial score (nSPS) is 19.3. The van der Waals surface area contributed by atoms with Crippen molar-refractivity contribution in [3.63, 3.8) is 0 Å². The number of benzene rings is 1. The van der Waals surface area contributed by atoms with E-state index in [4.69, 9.17) is 4.74 Å². The van der Waals surface area contributed by atoms with Gasteiger partial charge in [0, 0.05) is 19.1 Å². The number of carbonyl (C=O) groups is 1. The highest BCUT2D eigenvalue weighted by Gasteiger charge is 2.22. The van der Waals surface area contributed by atoms with Crippen LogP contribution in [0.15, 0.2) is 30.3 Å². The Morgan fingerprint density at radius 3 is 2.70 bits per heavy atom. The van der Waals surface area contributed by atoms with Crippen LogP contribution in [0.25, 0.3) is 0 Å². The summed E-state index contributed by atoms with van der Waals surface area (Å²) in [5, 5.41) is 2.88. The third-order valence-electron chi connectivity index (χ3n) is 4.12. The molecule has 0 aromatic heterocycles. The third kappa shape index (κ3) is 6.61. The van der Waals surface area contributed by atoms with Crippen molar-refractivity contribution in [3.05, 3.63) is 35.9 Å². The first-order chi connectivity index (χ1) is 10.9. The molecular formula is C19H30N2O2. The van der Waals surface area contributed by atoms with Crippen LogP contribution in [0.2, 0.25) is 0 Å². The summed E-state index contributed by atoms with van der Waals surface area (Å²) in [6, 6.07) is 11.2. The molecule has 1 aromatic carbocycles. The number of rotatable bonds is 5. The Bertz CT molecular complexity index is 482. The SMILES string of the molecule is CC(C)(C)OC(=O)NCCC1CCCCN1Cc1ccccc1. The minimum atomic E-state index is -0.436. The van der Waals surface area contributed by atoms with Crippen molar-refractivity contribution >= 4 is 6.09 Å². The number of amides is 1. The van der Waals surface area contributed by atoms with Crippen LogP contribution in [-0.2, 0) is 11.3 Å². The number of nitrogens with one attached hydrogen (secondary N) is 1. The molecule has 1 saturated heterocycles. The molecule has 23 heavy (non-hydrogen) atoms. The fourth-order valence-electron chi connectivity index (χ4n) is 3.07. The standard InChI is InChI=1S/C19H30N2O2/c1-19(2,3)23-18(22)20-13-12-17-11-7-8-14-21(17)15-16-9-5-4-6-10-16/h4-6,9-10,17H,7-8,11-15H2,1-3H3,(H,20,22). The highest BCUT2D eigenvalue weighted by atomic mass is 16.6. The van der Waals surface area contributed by atoms with E-state index in [1.54, 1.807) is 0 Å². The first-order valence-corrected chi connectivity index (χ1v) is 8.69. The Hall–Kier alpha value is -1.55. The van der Waals surface area contributed by atoms with Crippen LogP contribution in [0.1, 0.15) is 52.0 Å². The van der Waals surface area contributed by atoms with Gasteiger partial charge < -0.3 is 10.1 Å². The summed E-state index contributed by atoms with van der Waals surface area (Å²) in [7, 11) is 0. The summed E-state index contributed by atoms with van der Waals surface area (Å²) in [5.41, 5.74) is 0.924. The average Bonchev–Trinajstić information content (AvgIpc) is 2.48. The van der Waals surface area contributed by atoms with Crippen molar-refractivity contribution < 1.29 is 9.53 Å². The summed E-state index contributed by atoms with van der Waals surface area (Å²) in [4.78, 5) is 14.3. The van der Waals surface area contributed by atoms with E-state index in [0.29, 0.717) is 12.6 Å². The van der Waals surface area contributed by atoms with Crippen LogP contribution in [0, 0.1) is 0 Å². The highest BCUT2D eigenvalue weighted by Crippen LogP contribution is 2.21. The fraction of sp³-hybridized carbons (Fsp3) is 0.632. The van der Waals surface area contributed by atoms with Crippen LogP contribution in [-0.4, -0.2) is 35.7 Å². The van der Waals surface area contributed by atoms with Gasteiger partial charge in [-0.05, 0) is 52.1 Å². The van der Waals surface area contributed by atoms with Crippen molar-refractivity contribution in [1.82, 2.24) is 10.2 Å². The Morgan fingerprint density at radius 2 is 2.00 bits per heavy atom. The van der Waals surface area contributed by atoms with E-state index in [9.17, 15) is 4.79 Å². The van der Waals surface area contributed by atoms with E-state index in [1.807, 2.05) is 20.8 Å². The van der Waals surface area contributed by atoms with Crippen LogP contribution in [0.4, 0.5) is 4.79 Å². The monoisotopic (exact) mass is 318 g/mol. The molecule has 0 saturated carbocycles. The molecule has 0 aliphatic carbocycles. The van der Waals surface area contributed by atoms with Crippen molar-refractivity contribution in [3.8, 4) is 0 Å². The number of ether oxygens (including phenoxy) is 1. The van der Waals surface area contributed by atoms with Gasteiger partial charge in [-0.1, -0.05) is 36.8 Å². The molecule has 1 fully saturated rings. The molecular weight excluding hydrogens is 288 g/mol. The largest absolute Gasteiger partial charge is 0.444 e. The molecule has 2 rings (SSSR count). The quantitative estimate of drug-likeness (QED) is 0.893. The van der Waals surface area contributed by atoms with Crippen molar-refractivity contribution in [2.24, 2.45) is 0 Å². The zero-order valence-electron chi connectivity index (χ0n) is 14.7. The van der Waals surface area contributed by atoms with Gasteiger partial charge >= 0.3 is 6.09 Å². The lowest BCUT2D eigenvalue weighted by Gasteiger charge is -2.36. The first kappa shape index (κ1) is 17.8. The van der Waals surface area contributed by atoms with E-state index in [0.717, 1.165) is 19.5 Å². The van der Waals surface area contributed by atoms with Gasteiger partial charge in [0.15, 0.2) is 0 Å². The highest BCUT2D eigenvalue weighted by molar-refractivity contribution is 5.67. The summed E-state index contributed by atoms with van der Waals surface area (Å²) in [5.74, 6) is 0. The third-order valence-corrected chi connectivity index (χ3v) is 4.12. The van der Waals surface area contributed by atoms with E-state index < -0.39 is 5.60 Å². The van der Waals surface area contributed by atoms with E-state index in [1.165, 1.54) is 24.8 Å². The predicted molar refractivity (Wildman–Crippen MR) is 93.3 cm³/mol. The molecule has 1 N–H and O–H groups in total. The fourth-order valence-corrected chi connectivity index (χ4v) is 3.07. The predicted octanol–water partition coefficient (Wildman–Crippen LogP) is 3.96. The second kappa shape index (κ2) is 8.34. The van der Waals surface area contributed by atoms with Crippen LogP contribution in [0.5, 0.6) is 0 Å². The van der Waals surface area contributed by atoms with Crippen molar-refractivity contribution in [1.29, 1.82) is 0 Å². The molecule has 0 spiro atoms. The molecule has 1 unspecified atom stereocenters. The van der Waals surface area contributed by atoms with Gasteiger partial charge in [0.05, 0.1) is 0 Å².